The molecular formula is C9H13FN2. The number of hydrogen-bond donors (Lipinski definition) is 2. The van der Waals surface area contributed by atoms with Gasteiger partial charge < -0.3 is 11.5 Å². The van der Waals surface area contributed by atoms with Gasteiger partial charge in [-0.3, -0.25) is 0 Å². The Hall–Kier alpha value is -0.930. The molecule has 0 radical (unpaired) electrons. The Balaban J connectivity index is 2.57. The number of aryl methyl sites for hydroxylation is 1. The van der Waals surface area contributed by atoms with E-state index in [1.165, 1.54) is 6.07 Å². The summed E-state index contributed by atoms with van der Waals surface area (Å²) < 4.78 is 13.0. The molecule has 0 saturated heterocycles. The van der Waals surface area contributed by atoms with E-state index in [1.807, 2.05) is 0 Å². The molecule has 0 spiro atoms. The van der Waals surface area contributed by atoms with Crippen LogP contribution in [0.3, 0.4) is 0 Å². The summed E-state index contributed by atoms with van der Waals surface area (Å²) in [6.45, 7) is 0. The third-order valence-corrected chi connectivity index (χ3v) is 1.70. The lowest BCUT2D eigenvalue weighted by molar-refractivity contribution is 0.584. The van der Waals surface area contributed by atoms with E-state index in [9.17, 15) is 4.39 Å². The molecule has 2 nitrogen and oxygen atoms in total. The maximum absolute atomic E-state index is 13.0. The average molecular weight is 168 g/mol. The fourth-order valence-corrected chi connectivity index (χ4v) is 1.02. The molecule has 0 aromatic heterocycles. The Morgan fingerprint density at radius 2 is 1.92 bits per heavy atom. The molecule has 1 rings (SSSR count). The minimum Gasteiger partial charge on any atom is -0.316 e. The van der Waals surface area contributed by atoms with Crippen LogP contribution in [0.4, 0.5) is 4.39 Å². The summed E-state index contributed by atoms with van der Waals surface area (Å²) in [4.78, 5) is 0. The quantitative estimate of drug-likeness (QED) is 0.661. The van der Waals surface area contributed by atoms with E-state index in [-0.39, 0.29) is 12.0 Å². The molecule has 0 aliphatic carbocycles. The Morgan fingerprint density at radius 1 is 1.25 bits per heavy atom. The van der Waals surface area contributed by atoms with Crippen LogP contribution < -0.4 is 11.5 Å². The molecular weight excluding hydrogens is 155 g/mol. The summed E-state index contributed by atoms with van der Waals surface area (Å²) in [5.74, 6) is -0.182. The first-order valence-corrected chi connectivity index (χ1v) is 3.94. The highest BCUT2D eigenvalue weighted by Gasteiger charge is 2.01. The lowest BCUT2D eigenvalue weighted by atomic mass is 10.1. The molecule has 0 bridgehead atoms. The predicted molar refractivity (Wildman–Crippen MR) is 46.9 cm³/mol. The van der Waals surface area contributed by atoms with Gasteiger partial charge in [0.2, 0.25) is 0 Å². The maximum Gasteiger partial charge on any atom is 0.126 e. The highest BCUT2D eigenvalue weighted by Crippen LogP contribution is 2.08. The standard InChI is InChI=1S/C9H13FN2/c10-8-4-2-1-3-7(8)5-6-9(11)12/h1-4,9H,5-6,11-12H2. The van der Waals surface area contributed by atoms with Gasteiger partial charge in [-0.05, 0) is 24.5 Å². The van der Waals surface area contributed by atoms with Crippen LogP contribution in [0.5, 0.6) is 0 Å². The Labute approximate surface area is 71.4 Å². The number of hydrogen-bond acceptors (Lipinski definition) is 2. The van der Waals surface area contributed by atoms with Gasteiger partial charge in [0.15, 0.2) is 0 Å². The molecule has 66 valence electrons. The van der Waals surface area contributed by atoms with Gasteiger partial charge in [-0.25, -0.2) is 4.39 Å². The minimum atomic E-state index is -0.357. The average Bonchev–Trinajstić information content (AvgIpc) is 2.03. The second-order valence-corrected chi connectivity index (χ2v) is 2.79. The van der Waals surface area contributed by atoms with E-state index in [0.717, 1.165) is 0 Å². The lowest BCUT2D eigenvalue weighted by Crippen LogP contribution is -2.30. The van der Waals surface area contributed by atoms with Crippen LogP contribution in [0, 0.1) is 5.82 Å². The van der Waals surface area contributed by atoms with Gasteiger partial charge >= 0.3 is 0 Å². The molecule has 0 unspecified atom stereocenters. The van der Waals surface area contributed by atoms with Crippen LogP contribution in [-0.2, 0) is 6.42 Å². The maximum atomic E-state index is 13.0. The van der Waals surface area contributed by atoms with E-state index in [4.69, 9.17) is 11.5 Å². The highest BCUT2D eigenvalue weighted by molar-refractivity contribution is 5.17. The van der Waals surface area contributed by atoms with Crippen LogP contribution in [0.15, 0.2) is 24.3 Å². The molecule has 4 N–H and O–H groups in total. The number of nitrogens with two attached hydrogens (primary N) is 2. The van der Waals surface area contributed by atoms with Crippen LogP contribution in [0.25, 0.3) is 0 Å². The van der Waals surface area contributed by atoms with Crippen molar-refractivity contribution in [1.82, 2.24) is 0 Å². The molecule has 0 fully saturated rings. The molecule has 3 heteroatoms. The van der Waals surface area contributed by atoms with Crippen molar-refractivity contribution in [3.63, 3.8) is 0 Å². The van der Waals surface area contributed by atoms with Gasteiger partial charge in [0.25, 0.3) is 0 Å². The molecule has 0 heterocycles. The summed E-state index contributed by atoms with van der Waals surface area (Å²) in [5.41, 5.74) is 11.4. The normalized spacial score (nSPS) is 10.7. The van der Waals surface area contributed by atoms with Crippen LogP contribution in [-0.4, -0.2) is 6.17 Å². The SMILES string of the molecule is NC(N)CCc1ccccc1F. The van der Waals surface area contributed by atoms with Crippen LogP contribution in [0.2, 0.25) is 0 Å². The van der Waals surface area contributed by atoms with Crippen molar-refractivity contribution in [2.24, 2.45) is 11.5 Å². The first-order valence-electron chi connectivity index (χ1n) is 3.94. The molecule has 12 heavy (non-hydrogen) atoms. The smallest absolute Gasteiger partial charge is 0.126 e. The summed E-state index contributed by atoms with van der Waals surface area (Å²) in [5, 5.41) is 0. The van der Waals surface area contributed by atoms with Crippen molar-refractivity contribution in [3.05, 3.63) is 35.6 Å². The first kappa shape index (κ1) is 9.16. The zero-order chi connectivity index (χ0) is 8.97. The topological polar surface area (TPSA) is 52.0 Å². The van der Waals surface area contributed by atoms with Crippen molar-refractivity contribution < 1.29 is 4.39 Å². The highest BCUT2D eigenvalue weighted by atomic mass is 19.1. The van der Waals surface area contributed by atoms with Crippen molar-refractivity contribution in [3.8, 4) is 0 Å². The lowest BCUT2D eigenvalue weighted by Gasteiger charge is -2.05. The van der Waals surface area contributed by atoms with Crippen molar-refractivity contribution in [2.45, 2.75) is 19.0 Å². The van der Waals surface area contributed by atoms with Gasteiger partial charge in [0.05, 0.1) is 6.17 Å². The zero-order valence-corrected chi connectivity index (χ0v) is 6.83. The first-order chi connectivity index (χ1) is 5.70. The summed E-state index contributed by atoms with van der Waals surface area (Å²) in [6.07, 6.45) is 0.857. The summed E-state index contributed by atoms with van der Waals surface area (Å²) in [6, 6.07) is 6.66. The third-order valence-electron chi connectivity index (χ3n) is 1.70. The van der Waals surface area contributed by atoms with E-state index in [1.54, 1.807) is 18.2 Å². The van der Waals surface area contributed by atoms with Gasteiger partial charge in [0, 0.05) is 0 Å². The summed E-state index contributed by atoms with van der Waals surface area (Å²) in [7, 11) is 0. The molecule has 0 amide bonds. The molecule has 0 atom stereocenters. The zero-order valence-electron chi connectivity index (χ0n) is 6.83. The van der Waals surface area contributed by atoms with E-state index < -0.39 is 0 Å². The third kappa shape index (κ3) is 2.60. The second kappa shape index (κ2) is 4.18. The Kier molecular flexibility index (Phi) is 3.19. The fraction of sp³-hybridized carbons (Fsp3) is 0.333. The van der Waals surface area contributed by atoms with Gasteiger partial charge in [-0.15, -0.1) is 0 Å². The molecule has 0 aliphatic rings. The van der Waals surface area contributed by atoms with E-state index in [0.29, 0.717) is 18.4 Å². The monoisotopic (exact) mass is 168 g/mol. The second-order valence-electron chi connectivity index (χ2n) is 2.79. The van der Waals surface area contributed by atoms with Crippen molar-refractivity contribution in [2.75, 3.05) is 0 Å². The van der Waals surface area contributed by atoms with Crippen molar-refractivity contribution >= 4 is 0 Å². The van der Waals surface area contributed by atoms with E-state index in [2.05, 4.69) is 0 Å². The number of benzene rings is 1. The van der Waals surface area contributed by atoms with Gasteiger partial charge in [0.1, 0.15) is 5.82 Å². The molecule has 0 aliphatic heterocycles. The molecule has 0 saturated carbocycles. The largest absolute Gasteiger partial charge is 0.316 e. The van der Waals surface area contributed by atoms with Crippen LogP contribution >= 0.6 is 0 Å². The van der Waals surface area contributed by atoms with Gasteiger partial charge in [-0.2, -0.15) is 0 Å². The number of rotatable bonds is 3. The minimum absolute atomic E-state index is 0.182. The van der Waals surface area contributed by atoms with Crippen molar-refractivity contribution in [1.29, 1.82) is 0 Å². The Morgan fingerprint density at radius 3 is 2.50 bits per heavy atom. The fourth-order valence-electron chi connectivity index (χ4n) is 1.02. The Bertz CT molecular complexity index is 248. The molecule has 1 aromatic carbocycles. The van der Waals surface area contributed by atoms with Crippen LogP contribution in [0.1, 0.15) is 12.0 Å². The summed E-state index contributed by atoms with van der Waals surface area (Å²) >= 11 is 0. The van der Waals surface area contributed by atoms with E-state index >= 15 is 0 Å². The predicted octanol–water partition coefficient (Wildman–Crippen LogP) is 1.00. The number of halogens is 1. The van der Waals surface area contributed by atoms with Gasteiger partial charge in [-0.1, -0.05) is 18.2 Å². The molecule has 1 aromatic rings.